The Morgan fingerprint density at radius 1 is 1.33 bits per heavy atom. The summed E-state index contributed by atoms with van der Waals surface area (Å²) >= 11 is 0. The van der Waals surface area contributed by atoms with Crippen LogP contribution in [0.4, 0.5) is 4.39 Å². The standard InChI is InChI=1S/C12H15FN2/c13-12-10-14-7-9-15(12)8-6-11-4-2-1-3-5-11/h1-6,8,12,14H,7,9-10H2. The van der Waals surface area contributed by atoms with Gasteiger partial charge in [0.1, 0.15) is 0 Å². The predicted molar refractivity (Wildman–Crippen MR) is 59.9 cm³/mol. The van der Waals surface area contributed by atoms with Gasteiger partial charge in [0.05, 0.1) is 0 Å². The van der Waals surface area contributed by atoms with Gasteiger partial charge in [0.25, 0.3) is 0 Å². The van der Waals surface area contributed by atoms with Gasteiger partial charge in [-0.3, -0.25) is 0 Å². The lowest BCUT2D eigenvalue weighted by atomic mass is 10.2. The van der Waals surface area contributed by atoms with Crippen LogP contribution >= 0.6 is 0 Å². The average molecular weight is 206 g/mol. The second-order valence-electron chi connectivity index (χ2n) is 3.60. The van der Waals surface area contributed by atoms with E-state index in [-0.39, 0.29) is 0 Å². The van der Waals surface area contributed by atoms with E-state index in [0.717, 1.165) is 18.7 Å². The number of nitrogens with zero attached hydrogens (tertiary/aromatic N) is 1. The van der Waals surface area contributed by atoms with Crippen LogP contribution in [0.1, 0.15) is 5.56 Å². The molecule has 1 aromatic rings. The molecule has 1 N–H and O–H groups in total. The molecule has 0 spiro atoms. The number of rotatable bonds is 2. The van der Waals surface area contributed by atoms with Crippen molar-refractivity contribution in [3.8, 4) is 0 Å². The summed E-state index contributed by atoms with van der Waals surface area (Å²) in [4.78, 5) is 1.73. The van der Waals surface area contributed by atoms with Crippen LogP contribution in [-0.2, 0) is 0 Å². The van der Waals surface area contributed by atoms with E-state index in [9.17, 15) is 4.39 Å². The highest BCUT2D eigenvalue weighted by atomic mass is 19.1. The largest absolute Gasteiger partial charge is 0.346 e. The Balaban J connectivity index is 1.98. The summed E-state index contributed by atoms with van der Waals surface area (Å²) in [6.45, 7) is 1.99. The molecule has 0 amide bonds. The molecule has 0 aromatic heterocycles. The average Bonchev–Trinajstić information content (AvgIpc) is 2.29. The van der Waals surface area contributed by atoms with Crippen molar-refractivity contribution in [3.05, 3.63) is 42.1 Å². The fourth-order valence-electron chi connectivity index (χ4n) is 1.60. The van der Waals surface area contributed by atoms with Gasteiger partial charge in [-0.2, -0.15) is 0 Å². The first-order chi connectivity index (χ1) is 7.36. The van der Waals surface area contributed by atoms with E-state index in [1.807, 2.05) is 42.6 Å². The third kappa shape index (κ3) is 2.80. The summed E-state index contributed by atoms with van der Waals surface area (Å²) in [6, 6.07) is 9.94. The fraction of sp³-hybridized carbons (Fsp3) is 0.333. The van der Waals surface area contributed by atoms with Crippen LogP contribution in [0.5, 0.6) is 0 Å². The van der Waals surface area contributed by atoms with Crippen molar-refractivity contribution < 1.29 is 4.39 Å². The molecule has 0 bridgehead atoms. The zero-order valence-corrected chi connectivity index (χ0v) is 8.57. The first kappa shape index (κ1) is 10.2. The number of benzene rings is 1. The normalized spacial score (nSPS) is 22.2. The Kier molecular flexibility index (Phi) is 3.35. The van der Waals surface area contributed by atoms with E-state index in [0.29, 0.717) is 6.54 Å². The quantitative estimate of drug-likeness (QED) is 0.743. The topological polar surface area (TPSA) is 15.3 Å². The number of alkyl halides is 1. The molecule has 3 heteroatoms. The second-order valence-corrected chi connectivity index (χ2v) is 3.60. The van der Waals surface area contributed by atoms with Crippen molar-refractivity contribution in [3.63, 3.8) is 0 Å². The van der Waals surface area contributed by atoms with Crippen LogP contribution in [0.2, 0.25) is 0 Å². The summed E-state index contributed by atoms with van der Waals surface area (Å²) in [5.41, 5.74) is 1.10. The summed E-state index contributed by atoms with van der Waals surface area (Å²) in [7, 11) is 0. The van der Waals surface area contributed by atoms with Crippen LogP contribution in [0.15, 0.2) is 36.5 Å². The van der Waals surface area contributed by atoms with Crippen LogP contribution in [0.25, 0.3) is 6.08 Å². The molecule has 1 aromatic carbocycles. The maximum Gasteiger partial charge on any atom is 0.184 e. The van der Waals surface area contributed by atoms with Gasteiger partial charge in [0.2, 0.25) is 0 Å². The molecule has 1 aliphatic heterocycles. The van der Waals surface area contributed by atoms with Gasteiger partial charge in [-0.05, 0) is 11.6 Å². The molecule has 2 nitrogen and oxygen atoms in total. The smallest absolute Gasteiger partial charge is 0.184 e. The van der Waals surface area contributed by atoms with Gasteiger partial charge in [0.15, 0.2) is 6.30 Å². The maximum atomic E-state index is 13.4. The number of piperazine rings is 1. The minimum Gasteiger partial charge on any atom is -0.346 e. The summed E-state index contributed by atoms with van der Waals surface area (Å²) < 4.78 is 13.4. The van der Waals surface area contributed by atoms with Crippen molar-refractivity contribution in [2.45, 2.75) is 6.30 Å². The predicted octanol–water partition coefficient (Wildman–Crippen LogP) is 1.86. The van der Waals surface area contributed by atoms with E-state index < -0.39 is 6.30 Å². The zero-order chi connectivity index (χ0) is 10.5. The van der Waals surface area contributed by atoms with Gasteiger partial charge in [-0.25, -0.2) is 4.39 Å². The van der Waals surface area contributed by atoms with E-state index >= 15 is 0 Å². The highest BCUT2D eigenvalue weighted by Crippen LogP contribution is 2.08. The van der Waals surface area contributed by atoms with Gasteiger partial charge in [-0.1, -0.05) is 30.3 Å². The molecule has 80 valence electrons. The summed E-state index contributed by atoms with van der Waals surface area (Å²) in [6.07, 6.45) is 2.87. The molecule has 1 fully saturated rings. The molecule has 15 heavy (non-hydrogen) atoms. The first-order valence-electron chi connectivity index (χ1n) is 5.20. The highest BCUT2D eigenvalue weighted by Gasteiger charge is 2.17. The van der Waals surface area contributed by atoms with Crippen LogP contribution in [-0.4, -0.2) is 30.8 Å². The minimum atomic E-state index is -0.904. The van der Waals surface area contributed by atoms with Crippen molar-refractivity contribution in [1.82, 2.24) is 10.2 Å². The van der Waals surface area contributed by atoms with Crippen LogP contribution < -0.4 is 5.32 Å². The van der Waals surface area contributed by atoms with Crippen molar-refractivity contribution >= 4 is 6.08 Å². The number of nitrogens with one attached hydrogen (secondary N) is 1. The van der Waals surface area contributed by atoms with Gasteiger partial charge < -0.3 is 10.2 Å². The Hall–Kier alpha value is -1.35. The Morgan fingerprint density at radius 3 is 2.87 bits per heavy atom. The minimum absolute atomic E-state index is 0.416. The van der Waals surface area contributed by atoms with E-state index in [1.165, 1.54) is 0 Å². The molecule has 1 heterocycles. The summed E-state index contributed by atoms with van der Waals surface area (Å²) in [5.74, 6) is 0. The summed E-state index contributed by atoms with van der Waals surface area (Å²) in [5, 5.41) is 3.01. The monoisotopic (exact) mass is 206 g/mol. The molecule has 1 saturated heterocycles. The van der Waals surface area contributed by atoms with Crippen molar-refractivity contribution in [2.24, 2.45) is 0 Å². The molecular weight excluding hydrogens is 191 g/mol. The Labute approximate surface area is 89.4 Å². The molecular formula is C12H15FN2. The third-order valence-electron chi connectivity index (χ3n) is 2.48. The lowest BCUT2D eigenvalue weighted by Gasteiger charge is -2.29. The molecule has 0 radical (unpaired) electrons. The van der Waals surface area contributed by atoms with Crippen molar-refractivity contribution in [2.75, 3.05) is 19.6 Å². The third-order valence-corrected chi connectivity index (χ3v) is 2.48. The number of hydrogen-bond donors (Lipinski definition) is 1. The number of hydrogen-bond acceptors (Lipinski definition) is 2. The van der Waals surface area contributed by atoms with E-state index in [1.54, 1.807) is 4.90 Å². The van der Waals surface area contributed by atoms with Gasteiger partial charge >= 0.3 is 0 Å². The van der Waals surface area contributed by atoms with Crippen LogP contribution in [0, 0.1) is 0 Å². The van der Waals surface area contributed by atoms with E-state index in [2.05, 4.69) is 5.32 Å². The van der Waals surface area contributed by atoms with Gasteiger partial charge in [0, 0.05) is 25.8 Å². The SMILES string of the molecule is FC1CNCCN1C=Cc1ccccc1. The Morgan fingerprint density at radius 2 is 2.13 bits per heavy atom. The highest BCUT2D eigenvalue weighted by molar-refractivity contribution is 5.48. The molecule has 2 rings (SSSR count). The second kappa shape index (κ2) is 4.94. The molecule has 0 aliphatic carbocycles. The molecule has 1 aliphatic rings. The Bertz CT molecular complexity index is 324. The van der Waals surface area contributed by atoms with E-state index in [4.69, 9.17) is 0 Å². The molecule has 1 atom stereocenters. The zero-order valence-electron chi connectivity index (χ0n) is 8.57. The van der Waals surface area contributed by atoms with Crippen LogP contribution in [0.3, 0.4) is 0 Å². The van der Waals surface area contributed by atoms with Gasteiger partial charge in [-0.15, -0.1) is 0 Å². The first-order valence-corrected chi connectivity index (χ1v) is 5.20. The maximum absolute atomic E-state index is 13.4. The van der Waals surface area contributed by atoms with Crippen molar-refractivity contribution in [1.29, 1.82) is 0 Å². The fourth-order valence-corrected chi connectivity index (χ4v) is 1.60. The molecule has 1 unspecified atom stereocenters. The number of halogens is 1. The lowest BCUT2D eigenvalue weighted by molar-refractivity contribution is 0.105. The molecule has 0 saturated carbocycles. The lowest BCUT2D eigenvalue weighted by Crippen LogP contribution is -2.46.